The molecule has 0 aromatic heterocycles. The fraction of sp³-hybridized carbons (Fsp3) is 0.462. The van der Waals surface area contributed by atoms with Crippen molar-refractivity contribution >= 4 is 22.9 Å². The van der Waals surface area contributed by atoms with Crippen molar-refractivity contribution in [1.82, 2.24) is 0 Å². The van der Waals surface area contributed by atoms with E-state index in [9.17, 15) is 0 Å². The maximum absolute atomic E-state index is 5.58. The van der Waals surface area contributed by atoms with Gasteiger partial charge in [-0.15, -0.1) is 0 Å². The lowest BCUT2D eigenvalue weighted by Gasteiger charge is -2.10. The zero-order valence-electron chi connectivity index (χ0n) is 10.0. The van der Waals surface area contributed by atoms with Crippen LogP contribution in [-0.2, 0) is 0 Å². The SMILES string of the molecule is CCCCCNc1ccc(C(N)=S)cc1C. The highest BCUT2D eigenvalue weighted by Crippen LogP contribution is 2.16. The number of benzene rings is 1. The fourth-order valence-corrected chi connectivity index (χ4v) is 1.74. The number of nitrogens with two attached hydrogens (primary N) is 1. The molecular weight excluding hydrogens is 216 g/mol. The number of thiocarbonyl (C=S) groups is 1. The number of hydrogen-bond acceptors (Lipinski definition) is 2. The summed E-state index contributed by atoms with van der Waals surface area (Å²) in [7, 11) is 0. The molecule has 0 bridgehead atoms. The summed E-state index contributed by atoms with van der Waals surface area (Å²) in [5.74, 6) is 0. The van der Waals surface area contributed by atoms with Crippen molar-refractivity contribution in [2.75, 3.05) is 11.9 Å². The van der Waals surface area contributed by atoms with Crippen molar-refractivity contribution in [2.24, 2.45) is 5.73 Å². The lowest BCUT2D eigenvalue weighted by atomic mass is 10.1. The average Bonchev–Trinajstić information content (AvgIpc) is 2.26. The van der Waals surface area contributed by atoms with E-state index < -0.39 is 0 Å². The zero-order chi connectivity index (χ0) is 12.0. The quantitative estimate of drug-likeness (QED) is 0.588. The summed E-state index contributed by atoms with van der Waals surface area (Å²) in [5.41, 5.74) is 8.89. The van der Waals surface area contributed by atoms with Gasteiger partial charge in [-0.3, -0.25) is 0 Å². The van der Waals surface area contributed by atoms with Gasteiger partial charge < -0.3 is 11.1 Å². The first-order chi connectivity index (χ1) is 7.65. The Kier molecular flexibility index (Phi) is 5.26. The molecule has 0 aliphatic rings. The summed E-state index contributed by atoms with van der Waals surface area (Å²) in [6.07, 6.45) is 3.74. The minimum absolute atomic E-state index is 0.459. The van der Waals surface area contributed by atoms with Crippen molar-refractivity contribution < 1.29 is 0 Å². The van der Waals surface area contributed by atoms with E-state index in [0.29, 0.717) is 4.99 Å². The molecule has 0 unspecified atom stereocenters. The van der Waals surface area contributed by atoms with E-state index in [2.05, 4.69) is 25.2 Å². The molecule has 0 aliphatic heterocycles. The molecule has 0 amide bonds. The molecule has 16 heavy (non-hydrogen) atoms. The Balaban J connectivity index is 2.57. The summed E-state index contributed by atoms with van der Waals surface area (Å²) in [5, 5.41) is 3.43. The monoisotopic (exact) mass is 236 g/mol. The van der Waals surface area contributed by atoms with Crippen LogP contribution in [0.3, 0.4) is 0 Å². The fourth-order valence-electron chi connectivity index (χ4n) is 1.61. The second kappa shape index (κ2) is 6.48. The summed E-state index contributed by atoms with van der Waals surface area (Å²) in [4.78, 5) is 0.459. The van der Waals surface area contributed by atoms with Crippen molar-refractivity contribution in [3.05, 3.63) is 29.3 Å². The molecule has 2 nitrogen and oxygen atoms in total. The molecule has 0 heterocycles. The molecule has 1 aromatic carbocycles. The van der Waals surface area contributed by atoms with E-state index >= 15 is 0 Å². The van der Waals surface area contributed by atoms with E-state index in [1.807, 2.05) is 12.1 Å². The third kappa shape index (κ3) is 3.81. The van der Waals surface area contributed by atoms with Gasteiger partial charge >= 0.3 is 0 Å². The first-order valence-electron chi connectivity index (χ1n) is 5.79. The number of aryl methyl sites for hydroxylation is 1. The van der Waals surface area contributed by atoms with E-state index in [1.165, 1.54) is 30.5 Å². The molecule has 3 heteroatoms. The first kappa shape index (κ1) is 13.0. The highest BCUT2D eigenvalue weighted by molar-refractivity contribution is 7.80. The predicted octanol–water partition coefficient (Wildman–Crippen LogP) is 3.23. The highest BCUT2D eigenvalue weighted by atomic mass is 32.1. The lowest BCUT2D eigenvalue weighted by Crippen LogP contribution is -2.10. The summed E-state index contributed by atoms with van der Waals surface area (Å²) in [6, 6.07) is 6.05. The number of anilines is 1. The number of hydrogen-bond donors (Lipinski definition) is 2. The van der Waals surface area contributed by atoms with Crippen molar-refractivity contribution in [1.29, 1.82) is 0 Å². The van der Waals surface area contributed by atoms with Crippen molar-refractivity contribution in [2.45, 2.75) is 33.1 Å². The Bertz CT molecular complexity index is 361. The third-order valence-corrected chi connectivity index (χ3v) is 2.84. The molecule has 0 spiro atoms. The molecule has 0 aliphatic carbocycles. The second-order valence-corrected chi connectivity index (χ2v) is 4.47. The normalized spacial score (nSPS) is 10.1. The predicted molar refractivity (Wildman–Crippen MR) is 75.1 cm³/mol. The molecule has 0 atom stereocenters. The molecular formula is C13H20N2S. The van der Waals surface area contributed by atoms with Gasteiger partial charge in [-0.05, 0) is 37.1 Å². The maximum Gasteiger partial charge on any atom is 0.103 e. The minimum atomic E-state index is 0.459. The largest absolute Gasteiger partial charge is 0.389 e. The number of unbranched alkanes of at least 4 members (excludes halogenated alkanes) is 2. The summed E-state index contributed by atoms with van der Waals surface area (Å²) in [6.45, 7) is 5.31. The Hall–Kier alpha value is -1.09. The topological polar surface area (TPSA) is 38.0 Å². The maximum atomic E-state index is 5.58. The van der Waals surface area contributed by atoms with Crippen LogP contribution in [0.5, 0.6) is 0 Å². The Morgan fingerprint density at radius 1 is 1.38 bits per heavy atom. The van der Waals surface area contributed by atoms with Crippen LogP contribution in [0.15, 0.2) is 18.2 Å². The molecule has 0 fully saturated rings. The molecule has 0 saturated carbocycles. The first-order valence-corrected chi connectivity index (χ1v) is 6.20. The van der Waals surface area contributed by atoms with Crippen molar-refractivity contribution in [3.63, 3.8) is 0 Å². The molecule has 88 valence electrons. The molecule has 1 rings (SSSR count). The highest BCUT2D eigenvalue weighted by Gasteiger charge is 2.01. The van der Waals surface area contributed by atoms with E-state index in [1.54, 1.807) is 0 Å². The number of nitrogens with one attached hydrogen (secondary N) is 1. The van der Waals surface area contributed by atoms with Gasteiger partial charge in [0.2, 0.25) is 0 Å². The molecule has 1 aromatic rings. The van der Waals surface area contributed by atoms with Gasteiger partial charge in [0.05, 0.1) is 0 Å². The van der Waals surface area contributed by atoms with Crippen LogP contribution in [-0.4, -0.2) is 11.5 Å². The van der Waals surface area contributed by atoms with E-state index in [4.69, 9.17) is 18.0 Å². The third-order valence-electron chi connectivity index (χ3n) is 2.61. The Morgan fingerprint density at radius 2 is 2.12 bits per heavy atom. The average molecular weight is 236 g/mol. The summed E-state index contributed by atoms with van der Waals surface area (Å²) < 4.78 is 0. The number of rotatable bonds is 6. The van der Waals surface area contributed by atoms with E-state index in [-0.39, 0.29) is 0 Å². The summed E-state index contributed by atoms with van der Waals surface area (Å²) >= 11 is 4.94. The van der Waals surface area contributed by atoms with Crippen LogP contribution in [0.1, 0.15) is 37.3 Å². The van der Waals surface area contributed by atoms with Gasteiger partial charge in [-0.2, -0.15) is 0 Å². The van der Waals surface area contributed by atoms with Gasteiger partial charge in [0.1, 0.15) is 4.99 Å². The second-order valence-electron chi connectivity index (χ2n) is 4.03. The van der Waals surface area contributed by atoms with Gasteiger partial charge in [-0.1, -0.05) is 32.0 Å². The van der Waals surface area contributed by atoms with Crippen LogP contribution < -0.4 is 11.1 Å². The lowest BCUT2D eigenvalue weighted by molar-refractivity contribution is 0.743. The van der Waals surface area contributed by atoms with Gasteiger partial charge in [0.15, 0.2) is 0 Å². The van der Waals surface area contributed by atoms with Crippen LogP contribution in [0.4, 0.5) is 5.69 Å². The Labute approximate surface area is 103 Å². The Morgan fingerprint density at radius 3 is 2.69 bits per heavy atom. The zero-order valence-corrected chi connectivity index (χ0v) is 10.9. The standard InChI is InChI=1S/C13H20N2S/c1-3-4-5-8-15-12-7-6-11(13(14)16)9-10(12)2/h6-7,9,15H,3-5,8H2,1-2H3,(H2,14,16). The molecule has 3 N–H and O–H groups in total. The molecule has 0 radical (unpaired) electrons. The van der Waals surface area contributed by atoms with Crippen LogP contribution >= 0.6 is 12.2 Å². The van der Waals surface area contributed by atoms with Crippen LogP contribution in [0.2, 0.25) is 0 Å². The minimum Gasteiger partial charge on any atom is -0.389 e. The van der Waals surface area contributed by atoms with Gasteiger partial charge in [0, 0.05) is 17.8 Å². The van der Waals surface area contributed by atoms with Gasteiger partial charge in [-0.25, -0.2) is 0 Å². The van der Waals surface area contributed by atoms with Crippen molar-refractivity contribution in [3.8, 4) is 0 Å². The van der Waals surface area contributed by atoms with Crippen LogP contribution in [0, 0.1) is 6.92 Å². The smallest absolute Gasteiger partial charge is 0.103 e. The molecule has 0 saturated heterocycles. The van der Waals surface area contributed by atoms with E-state index in [0.717, 1.165) is 12.1 Å². The van der Waals surface area contributed by atoms with Gasteiger partial charge in [0.25, 0.3) is 0 Å². The van der Waals surface area contributed by atoms with Crippen LogP contribution in [0.25, 0.3) is 0 Å².